The molecule has 0 unspecified atom stereocenters. The van der Waals surface area contributed by atoms with E-state index in [-0.39, 0.29) is 28.1 Å². The number of likely N-dealkylation sites (N-methyl/N-ethyl adjacent to an activating group) is 1. The highest BCUT2D eigenvalue weighted by molar-refractivity contribution is 6.32. The zero-order valence-corrected chi connectivity index (χ0v) is 17.9. The van der Waals surface area contributed by atoms with Crippen molar-refractivity contribution in [3.63, 3.8) is 0 Å². The highest BCUT2D eigenvalue weighted by atomic mass is 35.5. The van der Waals surface area contributed by atoms with Gasteiger partial charge in [0.15, 0.2) is 5.65 Å². The molecule has 4 aromatic rings. The van der Waals surface area contributed by atoms with Crippen LogP contribution < -0.4 is 16.7 Å². The molecule has 0 saturated carbocycles. The van der Waals surface area contributed by atoms with Gasteiger partial charge >= 0.3 is 5.69 Å². The predicted octanol–water partition coefficient (Wildman–Crippen LogP) is 3.28. The van der Waals surface area contributed by atoms with Crippen LogP contribution in [0, 0.1) is 5.82 Å². The Kier molecular flexibility index (Phi) is 4.99. The number of nitrogens with one attached hydrogen (secondary N) is 1. The Morgan fingerprint density at radius 1 is 1.19 bits per heavy atom. The van der Waals surface area contributed by atoms with Crippen LogP contribution in [-0.2, 0) is 13.0 Å². The molecule has 1 aliphatic rings. The molecule has 0 fully saturated rings. The number of benzene rings is 2. The normalized spacial score (nSPS) is 13.8. The van der Waals surface area contributed by atoms with Crippen LogP contribution in [0.15, 0.2) is 47.4 Å². The molecule has 10 heteroatoms. The number of nitrogen functional groups attached to an aromatic ring is 1. The van der Waals surface area contributed by atoms with Gasteiger partial charge in [-0.15, -0.1) is 0 Å². The lowest BCUT2D eigenvalue weighted by molar-refractivity contribution is 0.313. The van der Waals surface area contributed by atoms with E-state index in [1.54, 1.807) is 0 Å². The van der Waals surface area contributed by atoms with Gasteiger partial charge in [0.05, 0.1) is 11.1 Å². The van der Waals surface area contributed by atoms with Crippen molar-refractivity contribution in [1.29, 1.82) is 0 Å². The number of hydrogen-bond acceptors (Lipinski definition) is 7. The standard InChI is InChI=1S/C22H19ClFN7O/c1-30-8-7-12-5-6-14(9-13(12)11-30)27-21-26-10-15-19(25)31(22(32)29-20(15)28-21)17-4-2-3-16(24)18(17)23/h2-6,9-10H,7-8,11,25H2,1H3,(H,27,28,29,32). The van der Waals surface area contributed by atoms with E-state index in [1.165, 1.54) is 35.5 Å². The number of hydrogen-bond donors (Lipinski definition) is 2. The molecule has 0 radical (unpaired) electrons. The van der Waals surface area contributed by atoms with Crippen molar-refractivity contribution in [1.82, 2.24) is 24.4 Å². The van der Waals surface area contributed by atoms with E-state index in [0.717, 1.165) is 29.8 Å². The maximum atomic E-state index is 13.9. The number of nitrogens with two attached hydrogens (primary N) is 1. The third-order valence-corrected chi connectivity index (χ3v) is 5.89. The lowest BCUT2D eigenvalue weighted by Crippen LogP contribution is -2.26. The minimum absolute atomic E-state index is 0.0240. The van der Waals surface area contributed by atoms with Gasteiger partial charge in [0, 0.05) is 25.0 Å². The molecular weight excluding hydrogens is 433 g/mol. The van der Waals surface area contributed by atoms with E-state index in [1.807, 2.05) is 6.07 Å². The Morgan fingerprint density at radius 3 is 2.88 bits per heavy atom. The maximum absolute atomic E-state index is 13.9. The molecule has 32 heavy (non-hydrogen) atoms. The topological polar surface area (TPSA) is 102 Å². The molecule has 8 nitrogen and oxygen atoms in total. The summed E-state index contributed by atoms with van der Waals surface area (Å²) in [5, 5.41) is 3.29. The second-order valence-corrected chi connectivity index (χ2v) is 8.09. The van der Waals surface area contributed by atoms with Crippen molar-refractivity contribution in [3.8, 4) is 5.69 Å². The van der Waals surface area contributed by atoms with E-state index in [9.17, 15) is 9.18 Å². The predicted molar refractivity (Wildman–Crippen MR) is 122 cm³/mol. The first-order chi connectivity index (χ1) is 15.4. The maximum Gasteiger partial charge on any atom is 0.355 e. The van der Waals surface area contributed by atoms with Crippen molar-refractivity contribution >= 4 is 40.1 Å². The van der Waals surface area contributed by atoms with Gasteiger partial charge in [0.2, 0.25) is 5.95 Å². The molecule has 3 N–H and O–H groups in total. The van der Waals surface area contributed by atoms with Crippen LogP contribution in [-0.4, -0.2) is 38.0 Å². The molecule has 0 spiro atoms. The monoisotopic (exact) mass is 451 g/mol. The fourth-order valence-electron chi connectivity index (χ4n) is 3.87. The minimum Gasteiger partial charge on any atom is -0.384 e. The van der Waals surface area contributed by atoms with E-state index in [4.69, 9.17) is 17.3 Å². The van der Waals surface area contributed by atoms with Crippen LogP contribution in [0.1, 0.15) is 11.1 Å². The largest absolute Gasteiger partial charge is 0.384 e. The summed E-state index contributed by atoms with van der Waals surface area (Å²) < 4.78 is 14.9. The number of rotatable bonds is 3. The van der Waals surface area contributed by atoms with Crippen LogP contribution in [0.3, 0.4) is 0 Å². The summed E-state index contributed by atoms with van der Waals surface area (Å²) in [6.45, 7) is 1.92. The van der Waals surface area contributed by atoms with Gasteiger partial charge in [-0.3, -0.25) is 0 Å². The number of fused-ring (bicyclic) bond motifs is 2. The fraction of sp³-hybridized carbons (Fsp3) is 0.182. The molecule has 3 heterocycles. The zero-order valence-electron chi connectivity index (χ0n) is 17.1. The lowest BCUT2D eigenvalue weighted by atomic mass is 9.99. The second-order valence-electron chi connectivity index (χ2n) is 7.72. The average Bonchev–Trinajstić information content (AvgIpc) is 2.76. The molecule has 0 atom stereocenters. The molecule has 0 amide bonds. The van der Waals surface area contributed by atoms with Gasteiger partial charge in [-0.2, -0.15) is 9.97 Å². The van der Waals surface area contributed by atoms with Crippen LogP contribution >= 0.6 is 11.6 Å². The number of aromatic nitrogens is 4. The van der Waals surface area contributed by atoms with E-state index >= 15 is 0 Å². The Balaban J connectivity index is 1.52. The minimum atomic E-state index is -0.719. The van der Waals surface area contributed by atoms with Crippen LogP contribution in [0.2, 0.25) is 5.02 Å². The molecule has 0 aliphatic carbocycles. The number of nitrogens with zero attached hydrogens (tertiary/aromatic N) is 5. The first-order valence-corrected chi connectivity index (χ1v) is 10.4. The van der Waals surface area contributed by atoms with Crippen molar-refractivity contribution in [2.75, 3.05) is 24.6 Å². The van der Waals surface area contributed by atoms with Crippen molar-refractivity contribution < 1.29 is 4.39 Å². The summed E-state index contributed by atoms with van der Waals surface area (Å²) in [5.74, 6) is -0.354. The molecule has 2 aromatic heterocycles. The second kappa shape index (κ2) is 7.85. The molecule has 1 aliphatic heterocycles. The van der Waals surface area contributed by atoms with E-state index < -0.39 is 11.5 Å². The van der Waals surface area contributed by atoms with Crippen LogP contribution in [0.5, 0.6) is 0 Å². The lowest BCUT2D eigenvalue weighted by Gasteiger charge is -2.25. The first kappa shape index (κ1) is 20.3. The molecular formula is C22H19ClFN7O. The van der Waals surface area contributed by atoms with Crippen molar-refractivity contribution in [2.24, 2.45) is 0 Å². The highest BCUT2D eigenvalue weighted by Crippen LogP contribution is 2.27. The van der Waals surface area contributed by atoms with Crippen LogP contribution in [0.25, 0.3) is 16.7 Å². The summed E-state index contributed by atoms with van der Waals surface area (Å²) in [4.78, 5) is 27.6. The summed E-state index contributed by atoms with van der Waals surface area (Å²) >= 11 is 6.04. The van der Waals surface area contributed by atoms with Gasteiger partial charge in [-0.05, 0) is 48.9 Å². The Hall–Kier alpha value is -3.56. The first-order valence-electron chi connectivity index (χ1n) is 9.98. The molecule has 162 valence electrons. The van der Waals surface area contributed by atoms with Gasteiger partial charge in [0.1, 0.15) is 16.7 Å². The zero-order chi connectivity index (χ0) is 22.4. The smallest absolute Gasteiger partial charge is 0.355 e. The Labute approximate surface area is 187 Å². The molecule has 0 bridgehead atoms. The van der Waals surface area contributed by atoms with Gasteiger partial charge in [-0.1, -0.05) is 23.7 Å². The van der Waals surface area contributed by atoms with Gasteiger partial charge in [0.25, 0.3) is 0 Å². The summed E-state index contributed by atoms with van der Waals surface area (Å²) in [7, 11) is 2.09. The average molecular weight is 452 g/mol. The SMILES string of the molecule is CN1CCc2ccc(Nc3ncc4c(N)n(-c5cccc(F)c5Cl)c(=O)nc4n3)cc2C1. The van der Waals surface area contributed by atoms with Crippen molar-refractivity contribution in [3.05, 3.63) is 75.0 Å². The third kappa shape index (κ3) is 3.55. The Bertz CT molecular complexity index is 1420. The number of anilines is 3. The quantitative estimate of drug-likeness (QED) is 0.492. The summed E-state index contributed by atoms with van der Waals surface area (Å²) in [6, 6.07) is 10.3. The number of halogens is 2. The third-order valence-electron chi connectivity index (χ3n) is 5.52. The summed E-state index contributed by atoms with van der Waals surface area (Å²) in [6.07, 6.45) is 2.49. The molecule has 0 saturated heterocycles. The van der Waals surface area contributed by atoms with Gasteiger partial charge in [-0.25, -0.2) is 18.7 Å². The van der Waals surface area contributed by atoms with E-state index in [2.05, 4.69) is 44.3 Å². The Morgan fingerprint density at radius 2 is 2.03 bits per heavy atom. The van der Waals surface area contributed by atoms with Crippen LogP contribution in [0.4, 0.5) is 21.8 Å². The fourth-order valence-corrected chi connectivity index (χ4v) is 4.08. The molecule has 2 aromatic carbocycles. The van der Waals surface area contributed by atoms with E-state index in [0.29, 0.717) is 5.39 Å². The summed E-state index contributed by atoms with van der Waals surface area (Å²) in [5.41, 5.74) is 9.14. The van der Waals surface area contributed by atoms with Crippen molar-refractivity contribution in [2.45, 2.75) is 13.0 Å². The molecule has 5 rings (SSSR count). The van der Waals surface area contributed by atoms with Gasteiger partial charge < -0.3 is 16.0 Å². The highest BCUT2D eigenvalue weighted by Gasteiger charge is 2.17.